The van der Waals surface area contributed by atoms with E-state index in [1.54, 1.807) is 6.33 Å². The molecule has 0 amide bonds. The van der Waals surface area contributed by atoms with E-state index in [-0.39, 0.29) is 0 Å². The molecule has 0 aliphatic heterocycles. The molecule has 0 saturated carbocycles. The molecule has 3 nitrogen and oxygen atoms in total. The average molecular weight is 279 g/mol. The van der Waals surface area contributed by atoms with Gasteiger partial charge in [-0.15, -0.1) is 0 Å². The number of rotatable bonds is 7. The van der Waals surface area contributed by atoms with Crippen molar-refractivity contribution < 1.29 is 8.78 Å². The van der Waals surface area contributed by atoms with Crippen LogP contribution in [0.25, 0.3) is 0 Å². The number of halogens is 2. The van der Waals surface area contributed by atoms with Crippen LogP contribution in [0.1, 0.15) is 24.6 Å². The zero-order valence-corrected chi connectivity index (χ0v) is 11.6. The lowest BCUT2D eigenvalue weighted by Gasteiger charge is -2.04. The van der Waals surface area contributed by atoms with Gasteiger partial charge in [0.2, 0.25) is 0 Å². The second-order valence-corrected chi connectivity index (χ2v) is 4.77. The van der Waals surface area contributed by atoms with Gasteiger partial charge in [-0.3, -0.25) is 0 Å². The van der Waals surface area contributed by atoms with Gasteiger partial charge in [-0.25, -0.2) is 13.8 Å². The van der Waals surface area contributed by atoms with Crippen LogP contribution in [-0.4, -0.2) is 22.6 Å². The molecule has 0 aliphatic rings. The van der Waals surface area contributed by atoms with E-state index in [1.165, 1.54) is 12.1 Å². The van der Waals surface area contributed by atoms with Gasteiger partial charge in [0, 0.05) is 30.8 Å². The van der Waals surface area contributed by atoms with Crippen LogP contribution in [0.5, 0.6) is 0 Å². The smallest absolute Gasteiger partial charge is 0.131 e. The summed E-state index contributed by atoms with van der Waals surface area (Å²) in [5, 5.41) is 3.31. The van der Waals surface area contributed by atoms with Gasteiger partial charge in [-0.2, -0.15) is 0 Å². The van der Waals surface area contributed by atoms with Crippen molar-refractivity contribution >= 4 is 0 Å². The minimum Gasteiger partial charge on any atom is -0.333 e. The molecule has 0 bridgehead atoms. The van der Waals surface area contributed by atoms with Crippen LogP contribution in [0.2, 0.25) is 0 Å². The maximum atomic E-state index is 13.5. The highest BCUT2D eigenvalue weighted by Crippen LogP contribution is 2.11. The lowest BCUT2D eigenvalue weighted by Crippen LogP contribution is -2.17. The van der Waals surface area contributed by atoms with E-state index in [2.05, 4.69) is 17.2 Å². The van der Waals surface area contributed by atoms with Crippen LogP contribution < -0.4 is 5.32 Å². The molecule has 1 aromatic heterocycles. The molecule has 0 spiro atoms. The molecule has 2 rings (SSSR count). The fourth-order valence-corrected chi connectivity index (χ4v) is 1.99. The maximum Gasteiger partial charge on any atom is 0.131 e. The number of nitrogens with one attached hydrogen (secondary N) is 1. The van der Waals surface area contributed by atoms with Crippen molar-refractivity contribution in [1.29, 1.82) is 0 Å². The van der Waals surface area contributed by atoms with E-state index < -0.39 is 11.6 Å². The Kier molecular flexibility index (Phi) is 5.24. The van der Waals surface area contributed by atoms with Gasteiger partial charge in [0.25, 0.3) is 0 Å². The van der Waals surface area contributed by atoms with Crippen LogP contribution in [0.4, 0.5) is 8.78 Å². The first-order valence-corrected chi connectivity index (χ1v) is 6.84. The van der Waals surface area contributed by atoms with Gasteiger partial charge < -0.3 is 9.88 Å². The van der Waals surface area contributed by atoms with Gasteiger partial charge in [0.05, 0.1) is 18.6 Å². The van der Waals surface area contributed by atoms with Crippen molar-refractivity contribution in [2.24, 2.45) is 0 Å². The molecule has 108 valence electrons. The summed E-state index contributed by atoms with van der Waals surface area (Å²) in [4.78, 5) is 4.28. The third-order valence-electron chi connectivity index (χ3n) is 3.04. The van der Waals surface area contributed by atoms with Gasteiger partial charge in [-0.05, 0) is 19.0 Å². The standard InChI is InChI=1S/C15H19F2N3/c1-2-6-18-7-5-14-10-20(11-19-14)9-12-3-4-13(16)8-15(12)17/h3-4,8,10-11,18H,2,5-7,9H2,1H3. The molecule has 1 N–H and O–H groups in total. The van der Waals surface area contributed by atoms with Crippen molar-refractivity contribution in [1.82, 2.24) is 14.9 Å². The van der Waals surface area contributed by atoms with Gasteiger partial charge in [0.15, 0.2) is 0 Å². The fraction of sp³-hybridized carbons (Fsp3) is 0.400. The Morgan fingerprint density at radius 2 is 2.10 bits per heavy atom. The fourth-order valence-electron chi connectivity index (χ4n) is 1.99. The molecule has 0 fully saturated rings. The first kappa shape index (κ1) is 14.7. The molecule has 5 heteroatoms. The molecule has 0 atom stereocenters. The first-order chi connectivity index (χ1) is 9.69. The predicted molar refractivity (Wildman–Crippen MR) is 74.6 cm³/mol. The van der Waals surface area contributed by atoms with Crippen molar-refractivity contribution in [3.63, 3.8) is 0 Å². The van der Waals surface area contributed by atoms with Crippen molar-refractivity contribution in [3.05, 3.63) is 53.6 Å². The molecular weight excluding hydrogens is 260 g/mol. The topological polar surface area (TPSA) is 29.9 Å². The van der Waals surface area contributed by atoms with Crippen LogP contribution in [0, 0.1) is 11.6 Å². The van der Waals surface area contributed by atoms with E-state index in [0.29, 0.717) is 12.1 Å². The SMILES string of the molecule is CCCNCCc1cn(Cc2ccc(F)cc2F)cn1. The molecule has 0 radical (unpaired) electrons. The van der Waals surface area contributed by atoms with Crippen molar-refractivity contribution in [2.45, 2.75) is 26.3 Å². The number of benzene rings is 1. The number of aromatic nitrogens is 2. The van der Waals surface area contributed by atoms with Gasteiger partial charge in [0.1, 0.15) is 11.6 Å². The first-order valence-electron chi connectivity index (χ1n) is 6.84. The average Bonchev–Trinajstić information content (AvgIpc) is 2.86. The highest BCUT2D eigenvalue weighted by atomic mass is 19.1. The van der Waals surface area contributed by atoms with E-state index in [9.17, 15) is 8.78 Å². The van der Waals surface area contributed by atoms with Crippen LogP contribution in [0.15, 0.2) is 30.7 Å². The third kappa shape index (κ3) is 4.13. The lowest BCUT2D eigenvalue weighted by atomic mass is 10.2. The van der Waals surface area contributed by atoms with E-state index in [0.717, 1.165) is 37.7 Å². The molecule has 1 heterocycles. The number of hydrogen-bond acceptors (Lipinski definition) is 2. The summed E-state index contributed by atoms with van der Waals surface area (Å²) in [5.74, 6) is -1.08. The highest BCUT2D eigenvalue weighted by molar-refractivity contribution is 5.19. The molecule has 0 aliphatic carbocycles. The van der Waals surface area contributed by atoms with E-state index in [4.69, 9.17) is 0 Å². The number of hydrogen-bond donors (Lipinski definition) is 1. The molecule has 2 aromatic rings. The maximum absolute atomic E-state index is 13.5. The van der Waals surface area contributed by atoms with E-state index >= 15 is 0 Å². The summed E-state index contributed by atoms with van der Waals surface area (Å²) in [7, 11) is 0. The normalized spacial score (nSPS) is 10.9. The monoisotopic (exact) mass is 279 g/mol. The van der Waals surface area contributed by atoms with Crippen molar-refractivity contribution in [2.75, 3.05) is 13.1 Å². The Bertz CT molecular complexity index is 552. The predicted octanol–water partition coefficient (Wildman–Crippen LogP) is 2.75. The summed E-state index contributed by atoms with van der Waals surface area (Å²) in [5.41, 5.74) is 1.43. The summed E-state index contributed by atoms with van der Waals surface area (Å²) in [6.45, 7) is 4.37. The zero-order chi connectivity index (χ0) is 14.4. The van der Waals surface area contributed by atoms with Crippen LogP contribution in [0.3, 0.4) is 0 Å². The molecular formula is C15H19F2N3. The summed E-state index contributed by atoms with van der Waals surface area (Å²) >= 11 is 0. The summed E-state index contributed by atoms with van der Waals surface area (Å²) in [6, 6.07) is 3.64. The molecule has 1 aromatic carbocycles. The summed E-state index contributed by atoms with van der Waals surface area (Å²) < 4.78 is 28.2. The Hall–Kier alpha value is -1.75. The summed E-state index contributed by atoms with van der Waals surface area (Å²) in [6.07, 6.45) is 5.53. The largest absolute Gasteiger partial charge is 0.333 e. The van der Waals surface area contributed by atoms with Gasteiger partial charge >= 0.3 is 0 Å². The minimum atomic E-state index is -0.556. The van der Waals surface area contributed by atoms with E-state index in [1.807, 2.05) is 10.8 Å². The minimum absolute atomic E-state index is 0.363. The number of imidazole rings is 1. The van der Waals surface area contributed by atoms with Crippen LogP contribution >= 0.6 is 0 Å². The van der Waals surface area contributed by atoms with Crippen LogP contribution in [-0.2, 0) is 13.0 Å². The second kappa shape index (κ2) is 7.14. The number of nitrogens with zero attached hydrogens (tertiary/aromatic N) is 2. The second-order valence-electron chi connectivity index (χ2n) is 4.77. The van der Waals surface area contributed by atoms with Gasteiger partial charge in [-0.1, -0.05) is 13.0 Å². The lowest BCUT2D eigenvalue weighted by molar-refractivity contribution is 0.566. The molecule has 0 unspecified atom stereocenters. The highest BCUT2D eigenvalue weighted by Gasteiger charge is 2.05. The molecule has 0 saturated heterocycles. The molecule has 20 heavy (non-hydrogen) atoms. The Morgan fingerprint density at radius 3 is 2.85 bits per heavy atom. The Labute approximate surface area is 117 Å². The Balaban J connectivity index is 1.92. The van der Waals surface area contributed by atoms with Crippen molar-refractivity contribution in [3.8, 4) is 0 Å². The quantitative estimate of drug-likeness (QED) is 0.790. The Morgan fingerprint density at radius 1 is 1.25 bits per heavy atom. The zero-order valence-electron chi connectivity index (χ0n) is 11.6. The third-order valence-corrected chi connectivity index (χ3v) is 3.04.